The Hall–Kier alpha value is -0.0800. The lowest BCUT2D eigenvalue weighted by atomic mass is 10.0. The van der Waals surface area contributed by atoms with E-state index in [1.807, 2.05) is 0 Å². The number of hydrogen-bond donors (Lipinski definition) is 1. The lowest BCUT2D eigenvalue weighted by molar-refractivity contribution is 0.191. The molecule has 2 nitrogen and oxygen atoms in total. The highest BCUT2D eigenvalue weighted by molar-refractivity contribution is 4.78. The van der Waals surface area contributed by atoms with Crippen LogP contribution in [0, 0.1) is 5.92 Å². The van der Waals surface area contributed by atoms with Gasteiger partial charge in [0.25, 0.3) is 0 Å². The maximum atomic E-state index is 3.67. The average Bonchev–Trinajstić information content (AvgIpc) is 2.73. The molecule has 16 heavy (non-hydrogen) atoms. The smallest absolute Gasteiger partial charge is 0.00533 e. The van der Waals surface area contributed by atoms with E-state index in [-0.39, 0.29) is 0 Å². The summed E-state index contributed by atoms with van der Waals surface area (Å²) in [6.45, 7) is 8.64. The molecule has 2 heteroatoms. The minimum Gasteiger partial charge on any atom is -0.312 e. The third kappa shape index (κ3) is 3.74. The topological polar surface area (TPSA) is 15.3 Å². The van der Waals surface area contributed by atoms with Crippen molar-refractivity contribution in [3.8, 4) is 0 Å². The Kier molecular flexibility index (Phi) is 4.66. The first-order valence-corrected chi connectivity index (χ1v) is 7.22. The van der Waals surface area contributed by atoms with Gasteiger partial charge in [0, 0.05) is 18.6 Å². The van der Waals surface area contributed by atoms with Gasteiger partial charge >= 0.3 is 0 Å². The molecule has 2 aliphatic rings. The van der Waals surface area contributed by atoms with Gasteiger partial charge < -0.3 is 10.2 Å². The Labute approximate surface area is 101 Å². The summed E-state index contributed by atoms with van der Waals surface area (Å²) in [6.07, 6.45) is 8.56. The summed E-state index contributed by atoms with van der Waals surface area (Å²) < 4.78 is 0. The van der Waals surface area contributed by atoms with Crippen molar-refractivity contribution in [2.24, 2.45) is 5.92 Å². The number of rotatable bonds is 2. The van der Waals surface area contributed by atoms with Gasteiger partial charge in [0.15, 0.2) is 0 Å². The van der Waals surface area contributed by atoms with Gasteiger partial charge in [-0.1, -0.05) is 12.8 Å². The molecular formula is C14H28N2. The molecule has 1 aliphatic heterocycles. The van der Waals surface area contributed by atoms with Crippen LogP contribution in [0.3, 0.4) is 0 Å². The predicted molar refractivity (Wildman–Crippen MR) is 69.7 cm³/mol. The fourth-order valence-corrected chi connectivity index (χ4v) is 3.26. The van der Waals surface area contributed by atoms with Gasteiger partial charge in [-0.25, -0.2) is 0 Å². The maximum absolute atomic E-state index is 3.67. The monoisotopic (exact) mass is 224 g/mol. The van der Waals surface area contributed by atoms with Crippen molar-refractivity contribution in [2.75, 3.05) is 19.6 Å². The standard InChI is InChI=1S/C14H28N2/c1-12-7-9-16(10-8-13(2)15-12)11-14-5-3-4-6-14/h12-15H,3-11H2,1-2H3. The van der Waals surface area contributed by atoms with Crippen LogP contribution < -0.4 is 5.32 Å². The molecular weight excluding hydrogens is 196 g/mol. The number of nitrogens with zero attached hydrogens (tertiary/aromatic N) is 1. The second-order valence-electron chi connectivity index (χ2n) is 6.00. The summed E-state index contributed by atoms with van der Waals surface area (Å²) in [7, 11) is 0. The summed E-state index contributed by atoms with van der Waals surface area (Å²) in [5.74, 6) is 1.01. The zero-order valence-electron chi connectivity index (χ0n) is 11.0. The van der Waals surface area contributed by atoms with Gasteiger partial charge in [-0.15, -0.1) is 0 Å². The summed E-state index contributed by atoms with van der Waals surface area (Å²) in [6, 6.07) is 1.39. The van der Waals surface area contributed by atoms with Crippen molar-refractivity contribution >= 4 is 0 Å². The van der Waals surface area contributed by atoms with E-state index in [9.17, 15) is 0 Å². The molecule has 1 aliphatic carbocycles. The quantitative estimate of drug-likeness (QED) is 0.776. The largest absolute Gasteiger partial charge is 0.312 e. The molecule has 1 heterocycles. The van der Waals surface area contributed by atoms with Crippen LogP contribution in [-0.4, -0.2) is 36.6 Å². The van der Waals surface area contributed by atoms with Gasteiger partial charge in [0.05, 0.1) is 0 Å². The van der Waals surface area contributed by atoms with Crippen LogP contribution in [0.2, 0.25) is 0 Å². The highest BCUT2D eigenvalue weighted by Gasteiger charge is 2.21. The Bertz CT molecular complexity index is 187. The van der Waals surface area contributed by atoms with E-state index in [0.717, 1.165) is 5.92 Å². The Morgan fingerprint density at radius 2 is 1.50 bits per heavy atom. The Morgan fingerprint density at radius 1 is 0.938 bits per heavy atom. The zero-order valence-corrected chi connectivity index (χ0v) is 11.0. The molecule has 0 bridgehead atoms. The second-order valence-corrected chi connectivity index (χ2v) is 6.00. The lowest BCUT2D eigenvalue weighted by Gasteiger charge is -2.32. The van der Waals surface area contributed by atoms with E-state index in [1.165, 1.54) is 58.2 Å². The van der Waals surface area contributed by atoms with E-state index in [4.69, 9.17) is 0 Å². The lowest BCUT2D eigenvalue weighted by Crippen LogP contribution is -2.44. The molecule has 2 unspecified atom stereocenters. The third-order valence-electron chi connectivity index (χ3n) is 4.32. The van der Waals surface area contributed by atoms with Gasteiger partial charge in [0.1, 0.15) is 0 Å². The molecule has 0 amide bonds. The molecule has 0 aromatic rings. The summed E-state index contributed by atoms with van der Waals surface area (Å²) in [5.41, 5.74) is 0. The SMILES string of the molecule is CC1CCN(CC2CCCC2)CCC(C)N1. The van der Waals surface area contributed by atoms with Crippen LogP contribution in [0.25, 0.3) is 0 Å². The second kappa shape index (κ2) is 6.02. The predicted octanol–water partition coefficient (Wildman–Crippen LogP) is 2.64. The first-order valence-electron chi connectivity index (χ1n) is 7.22. The normalized spacial score (nSPS) is 34.9. The molecule has 2 fully saturated rings. The molecule has 0 aromatic carbocycles. The van der Waals surface area contributed by atoms with Gasteiger partial charge in [-0.05, 0) is 58.5 Å². The van der Waals surface area contributed by atoms with Crippen LogP contribution in [0.5, 0.6) is 0 Å². The highest BCUT2D eigenvalue weighted by Crippen LogP contribution is 2.25. The molecule has 1 N–H and O–H groups in total. The van der Waals surface area contributed by atoms with E-state index < -0.39 is 0 Å². The van der Waals surface area contributed by atoms with Crippen molar-refractivity contribution < 1.29 is 0 Å². The van der Waals surface area contributed by atoms with Crippen molar-refractivity contribution in [2.45, 2.75) is 64.5 Å². The van der Waals surface area contributed by atoms with Gasteiger partial charge in [0.2, 0.25) is 0 Å². The number of nitrogens with one attached hydrogen (secondary N) is 1. The van der Waals surface area contributed by atoms with Gasteiger partial charge in [-0.2, -0.15) is 0 Å². The van der Waals surface area contributed by atoms with E-state index >= 15 is 0 Å². The average molecular weight is 224 g/mol. The van der Waals surface area contributed by atoms with E-state index in [1.54, 1.807) is 0 Å². The van der Waals surface area contributed by atoms with Crippen LogP contribution >= 0.6 is 0 Å². The van der Waals surface area contributed by atoms with Crippen LogP contribution in [0.15, 0.2) is 0 Å². The summed E-state index contributed by atoms with van der Waals surface area (Å²) in [5, 5.41) is 3.67. The molecule has 94 valence electrons. The fourth-order valence-electron chi connectivity index (χ4n) is 3.26. The highest BCUT2D eigenvalue weighted by atomic mass is 15.1. The van der Waals surface area contributed by atoms with Gasteiger partial charge in [-0.3, -0.25) is 0 Å². The number of hydrogen-bond acceptors (Lipinski definition) is 2. The van der Waals surface area contributed by atoms with E-state index in [2.05, 4.69) is 24.1 Å². The van der Waals surface area contributed by atoms with Crippen LogP contribution in [0.4, 0.5) is 0 Å². The summed E-state index contributed by atoms with van der Waals surface area (Å²) >= 11 is 0. The molecule has 2 atom stereocenters. The Morgan fingerprint density at radius 3 is 2.06 bits per heavy atom. The molecule has 2 rings (SSSR count). The minimum absolute atomic E-state index is 0.696. The molecule has 1 saturated heterocycles. The molecule has 0 aromatic heterocycles. The Balaban J connectivity index is 1.78. The van der Waals surface area contributed by atoms with E-state index in [0.29, 0.717) is 12.1 Å². The first-order chi connectivity index (χ1) is 7.74. The minimum atomic E-state index is 0.696. The van der Waals surface area contributed by atoms with Crippen molar-refractivity contribution in [1.29, 1.82) is 0 Å². The summed E-state index contributed by atoms with van der Waals surface area (Å²) in [4.78, 5) is 2.73. The maximum Gasteiger partial charge on any atom is 0.00533 e. The first kappa shape index (κ1) is 12.4. The molecule has 0 radical (unpaired) electrons. The molecule has 0 spiro atoms. The molecule has 1 saturated carbocycles. The fraction of sp³-hybridized carbons (Fsp3) is 1.00. The van der Waals surface area contributed by atoms with Crippen LogP contribution in [-0.2, 0) is 0 Å². The third-order valence-corrected chi connectivity index (χ3v) is 4.32. The zero-order chi connectivity index (χ0) is 11.4. The van der Waals surface area contributed by atoms with Crippen molar-refractivity contribution in [3.05, 3.63) is 0 Å². The van der Waals surface area contributed by atoms with Crippen LogP contribution in [0.1, 0.15) is 52.4 Å². The van der Waals surface area contributed by atoms with Crippen molar-refractivity contribution in [1.82, 2.24) is 10.2 Å². The van der Waals surface area contributed by atoms with Crippen molar-refractivity contribution in [3.63, 3.8) is 0 Å².